The summed E-state index contributed by atoms with van der Waals surface area (Å²) in [5.41, 5.74) is 0.0437. The van der Waals surface area contributed by atoms with Gasteiger partial charge in [0.25, 0.3) is 17.3 Å². The lowest BCUT2D eigenvalue weighted by molar-refractivity contribution is -0.394. The number of carbonyl (C=O) groups is 1. The molecule has 0 aliphatic rings. The maximum Gasteiger partial charge on any atom is 0.277 e. The third kappa shape index (κ3) is 4.03. The van der Waals surface area contributed by atoms with Gasteiger partial charge in [0.05, 0.1) is 33.7 Å². The van der Waals surface area contributed by atoms with Gasteiger partial charge in [0.2, 0.25) is 0 Å². The van der Waals surface area contributed by atoms with Crippen molar-refractivity contribution >= 4 is 17.3 Å². The number of non-ortho nitro benzene ring substituents is 2. The number of hydrogen-bond donors (Lipinski definition) is 1. The summed E-state index contributed by atoms with van der Waals surface area (Å²) < 4.78 is 0. The first-order valence-corrected chi connectivity index (χ1v) is 6.36. The van der Waals surface area contributed by atoms with Crippen LogP contribution < -0.4 is 5.32 Å². The molecule has 23 heavy (non-hydrogen) atoms. The summed E-state index contributed by atoms with van der Waals surface area (Å²) in [4.78, 5) is 39.9. The lowest BCUT2D eigenvalue weighted by atomic mass is 10.1. The van der Waals surface area contributed by atoms with Crippen LogP contribution in [0.1, 0.15) is 21.7 Å². The summed E-state index contributed by atoms with van der Waals surface area (Å²) in [6, 6.07) is 4.42. The number of rotatable bonds is 5. The number of hydrogen-bond acceptors (Lipinski definition) is 7. The summed E-state index contributed by atoms with van der Waals surface area (Å²) in [5.74, 6) is -0.673. The summed E-state index contributed by atoms with van der Waals surface area (Å²) >= 11 is 0. The molecule has 0 spiro atoms. The third-order valence-corrected chi connectivity index (χ3v) is 2.88. The van der Waals surface area contributed by atoms with Crippen LogP contribution in [0.3, 0.4) is 0 Å². The van der Waals surface area contributed by atoms with E-state index in [2.05, 4.69) is 15.3 Å². The highest BCUT2D eigenvalue weighted by molar-refractivity contribution is 5.95. The Morgan fingerprint density at radius 2 is 1.70 bits per heavy atom. The van der Waals surface area contributed by atoms with Crippen molar-refractivity contribution in [3.05, 3.63) is 67.8 Å². The van der Waals surface area contributed by atoms with Gasteiger partial charge in [-0.15, -0.1) is 0 Å². The van der Waals surface area contributed by atoms with E-state index in [1.807, 2.05) is 0 Å². The minimum atomic E-state index is -0.794. The standard InChI is InChI=1S/C13H11N5O5/c1-8-2-10(16-7-15-8)6-14-13(19)9-3-11(17(20)21)5-12(4-9)18(22)23/h2-5,7H,6H2,1H3,(H,14,19). The highest BCUT2D eigenvalue weighted by Crippen LogP contribution is 2.22. The molecule has 0 radical (unpaired) electrons. The molecular formula is C13H11N5O5. The van der Waals surface area contributed by atoms with Crippen molar-refractivity contribution in [2.75, 3.05) is 0 Å². The molecule has 0 bridgehead atoms. The lowest BCUT2D eigenvalue weighted by Crippen LogP contribution is -2.23. The molecular weight excluding hydrogens is 306 g/mol. The van der Waals surface area contributed by atoms with Crippen LogP contribution in [0.2, 0.25) is 0 Å². The van der Waals surface area contributed by atoms with E-state index >= 15 is 0 Å². The number of aryl methyl sites for hydroxylation is 1. The number of nitro groups is 2. The summed E-state index contributed by atoms with van der Waals surface area (Å²) in [6.07, 6.45) is 1.34. The van der Waals surface area contributed by atoms with Crippen molar-refractivity contribution in [2.45, 2.75) is 13.5 Å². The van der Waals surface area contributed by atoms with E-state index in [-0.39, 0.29) is 12.1 Å². The Kier molecular flexibility index (Phi) is 4.55. The summed E-state index contributed by atoms with van der Waals surface area (Å²) in [7, 11) is 0. The quantitative estimate of drug-likeness (QED) is 0.651. The molecule has 0 fully saturated rings. The van der Waals surface area contributed by atoms with E-state index in [4.69, 9.17) is 0 Å². The minimum absolute atomic E-state index is 0.0681. The number of benzene rings is 1. The molecule has 2 rings (SSSR count). The van der Waals surface area contributed by atoms with E-state index in [9.17, 15) is 25.0 Å². The van der Waals surface area contributed by atoms with Gasteiger partial charge < -0.3 is 5.32 Å². The van der Waals surface area contributed by atoms with Gasteiger partial charge in [-0.1, -0.05) is 0 Å². The average molecular weight is 317 g/mol. The molecule has 0 unspecified atom stereocenters. The molecule has 0 saturated carbocycles. The van der Waals surface area contributed by atoms with Crippen LogP contribution in [0, 0.1) is 27.2 Å². The van der Waals surface area contributed by atoms with E-state index in [1.165, 1.54) is 6.33 Å². The number of amides is 1. The maximum absolute atomic E-state index is 12.1. The van der Waals surface area contributed by atoms with Gasteiger partial charge in [-0.25, -0.2) is 9.97 Å². The molecule has 0 aliphatic heterocycles. The Balaban J connectivity index is 2.21. The molecule has 118 valence electrons. The van der Waals surface area contributed by atoms with Crippen LogP contribution >= 0.6 is 0 Å². The number of nitro benzene ring substituents is 2. The summed E-state index contributed by atoms with van der Waals surface area (Å²) in [6.45, 7) is 1.83. The van der Waals surface area contributed by atoms with Crippen molar-refractivity contribution in [3.8, 4) is 0 Å². The van der Waals surface area contributed by atoms with Crippen molar-refractivity contribution in [3.63, 3.8) is 0 Å². The molecule has 10 nitrogen and oxygen atoms in total. The molecule has 1 amide bonds. The fourth-order valence-electron chi connectivity index (χ4n) is 1.82. The Bertz CT molecular complexity index is 760. The number of aromatic nitrogens is 2. The molecule has 1 heterocycles. The zero-order valence-electron chi connectivity index (χ0n) is 11.9. The lowest BCUT2D eigenvalue weighted by Gasteiger charge is -2.05. The van der Waals surface area contributed by atoms with Crippen molar-refractivity contribution < 1.29 is 14.6 Å². The number of nitrogens with one attached hydrogen (secondary N) is 1. The predicted octanol–water partition coefficient (Wildman–Crippen LogP) is 1.53. The molecule has 1 N–H and O–H groups in total. The topological polar surface area (TPSA) is 141 Å². The highest BCUT2D eigenvalue weighted by Gasteiger charge is 2.19. The first-order valence-electron chi connectivity index (χ1n) is 6.36. The normalized spacial score (nSPS) is 10.1. The second-order valence-corrected chi connectivity index (χ2v) is 4.59. The van der Waals surface area contributed by atoms with Crippen molar-refractivity contribution in [2.24, 2.45) is 0 Å². The minimum Gasteiger partial charge on any atom is -0.346 e. The first kappa shape index (κ1) is 15.9. The maximum atomic E-state index is 12.1. The molecule has 1 aromatic carbocycles. The smallest absolute Gasteiger partial charge is 0.277 e. The second-order valence-electron chi connectivity index (χ2n) is 4.59. The first-order chi connectivity index (χ1) is 10.9. The van der Waals surface area contributed by atoms with Gasteiger partial charge in [-0.3, -0.25) is 25.0 Å². The van der Waals surface area contributed by atoms with Crippen molar-refractivity contribution in [1.82, 2.24) is 15.3 Å². The van der Waals surface area contributed by atoms with Gasteiger partial charge >= 0.3 is 0 Å². The van der Waals surface area contributed by atoms with Crippen LogP contribution in [0.4, 0.5) is 11.4 Å². The Hall–Kier alpha value is -3.43. The van der Waals surface area contributed by atoms with E-state index in [0.717, 1.165) is 23.9 Å². The number of carbonyl (C=O) groups excluding carboxylic acids is 1. The SMILES string of the molecule is Cc1cc(CNC(=O)c2cc([N+](=O)[O-])cc([N+](=O)[O-])c2)ncn1. The Morgan fingerprint density at radius 3 is 2.22 bits per heavy atom. The van der Waals surface area contributed by atoms with E-state index in [0.29, 0.717) is 5.69 Å². The largest absolute Gasteiger partial charge is 0.346 e. The van der Waals surface area contributed by atoms with E-state index < -0.39 is 27.1 Å². The van der Waals surface area contributed by atoms with Gasteiger partial charge in [-0.2, -0.15) is 0 Å². The fourth-order valence-corrected chi connectivity index (χ4v) is 1.82. The second kappa shape index (κ2) is 6.56. The summed E-state index contributed by atoms with van der Waals surface area (Å²) in [5, 5.41) is 24.1. The molecule has 0 aliphatic carbocycles. The Labute approximate surface area is 129 Å². The van der Waals surface area contributed by atoms with Crippen LogP contribution in [-0.4, -0.2) is 25.7 Å². The van der Waals surface area contributed by atoms with E-state index in [1.54, 1.807) is 13.0 Å². The molecule has 10 heteroatoms. The van der Waals surface area contributed by atoms with Crippen LogP contribution in [0.15, 0.2) is 30.6 Å². The average Bonchev–Trinajstić information content (AvgIpc) is 2.52. The molecule has 2 aromatic rings. The van der Waals surface area contributed by atoms with Crippen molar-refractivity contribution in [1.29, 1.82) is 0 Å². The fraction of sp³-hybridized carbons (Fsp3) is 0.154. The monoisotopic (exact) mass is 317 g/mol. The number of nitrogens with zero attached hydrogens (tertiary/aromatic N) is 4. The van der Waals surface area contributed by atoms with Crippen LogP contribution in [-0.2, 0) is 6.54 Å². The van der Waals surface area contributed by atoms with Crippen LogP contribution in [0.25, 0.3) is 0 Å². The third-order valence-electron chi connectivity index (χ3n) is 2.88. The molecule has 0 saturated heterocycles. The zero-order chi connectivity index (χ0) is 17.0. The van der Waals surface area contributed by atoms with Gasteiger partial charge in [-0.05, 0) is 13.0 Å². The van der Waals surface area contributed by atoms with Gasteiger partial charge in [0.1, 0.15) is 6.33 Å². The molecule has 1 aromatic heterocycles. The highest BCUT2D eigenvalue weighted by atomic mass is 16.6. The van der Waals surface area contributed by atoms with Gasteiger partial charge in [0, 0.05) is 17.8 Å². The molecule has 0 atom stereocenters. The van der Waals surface area contributed by atoms with Gasteiger partial charge in [0.15, 0.2) is 0 Å². The zero-order valence-corrected chi connectivity index (χ0v) is 11.9. The Morgan fingerprint density at radius 1 is 1.09 bits per heavy atom. The van der Waals surface area contributed by atoms with Crippen LogP contribution in [0.5, 0.6) is 0 Å². The predicted molar refractivity (Wildman–Crippen MR) is 77.7 cm³/mol.